The molecule has 1 fully saturated rings. The monoisotopic (exact) mass is 643 g/mol. The number of nitrogens with zero attached hydrogens (tertiary/aromatic N) is 1. The van der Waals surface area contributed by atoms with E-state index in [-0.39, 0.29) is 45.5 Å². The SMILES string of the molecule is CCC1C[C@@H](S(=O)(=O)c2cc(C(=O)Nc3cc(F)c(F)c(F)c3)ccc2Cl)C[C@H](C)[C@@]1(O)c1ncc(C(O)C(C)(C)O)[nH]1. The fourth-order valence-electron chi connectivity index (χ4n) is 5.66. The van der Waals surface area contributed by atoms with Crippen molar-refractivity contribution in [1.29, 1.82) is 0 Å². The Morgan fingerprint density at radius 1 is 1.21 bits per heavy atom. The molecular formula is C29H33ClF3N3O6S. The molecule has 43 heavy (non-hydrogen) atoms. The number of sulfone groups is 1. The highest BCUT2D eigenvalue weighted by molar-refractivity contribution is 7.92. The van der Waals surface area contributed by atoms with Gasteiger partial charge in [-0.1, -0.05) is 31.9 Å². The molecule has 234 valence electrons. The van der Waals surface area contributed by atoms with E-state index in [1.54, 1.807) is 13.8 Å². The van der Waals surface area contributed by atoms with Crippen molar-refractivity contribution >= 4 is 33.0 Å². The maximum Gasteiger partial charge on any atom is 0.255 e. The molecule has 1 amide bonds. The lowest BCUT2D eigenvalue weighted by molar-refractivity contribution is -0.102. The van der Waals surface area contributed by atoms with Gasteiger partial charge in [0.2, 0.25) is 0 Å². The first-order valence-electron chi connectivity index (χ1n) is 13.6. The minimum Gasteiger partial charge on any atom is -0.387 e. The topological polar surface area (TPSA) is 153 Å². The molecule has 1 aromatic heterocycles. The van der Waals surface area contributed by atoms with Gasteiger partial charge >= 0.3 is 0 Å². The number of imidazole rings is 1. The molecule has 0 aliphatic heterocycles. The van der Waals surface area contributed by atoms with Gasteiger partial charge in [-0.15, -0.1) is 0 Å². The smallest absolute Gasteiger partial charge is 0.255 e. The number of benzene rings is 2. The Labute approximate surface area is 252 Å². The third-order valence-electron chi connectivity index (χ3n) is 8.15. The van der Waals surface area contributed by atoms with E-state index >= 15 is 0 Å². The van der Waals surface area contributed by atoms with Crippen LogP contribution in [-0.4, -0.2) is 50.5 Å². The molecule has 1 aliphatic rings. The minimum atomic E-state index is -4.17. The van der Waals surface area contributed by atoms with E-state index in [1.807, 2.05) is 0 Å². The second-order valence-corrected chi connectivity index (χ2v) is 14.2. The van der Waals surface area contributed by atoms with E-state index in [9.17, 15) is 41.7 Å². The lowest BCUT2D eigenvalue weighted by Crippen LogP contribution is -2.50. The van der Waals surface area contributed by atoms with E-state index in [0.29, 0.717) is 18.6 Å². The van der Waals surface area contributed by atoms with Crippen molar-refractivity contribution in [2.24, 2.45) is 11.8 Å². The average Bonchev–Trinajstić information content (AvgIpc) is 3.43. The number of halogens is 4. The van der Waals surface area contributed by atoms with Crippen LogP contribution in [0, 0.1) is 29.3 Å². The van der Waals surface area contributed by atoms with Gasteiger partial charge in [-0.3, -0.25) is 4.79 Å². The first kappa shape index (κ1) is 32.9. The Morgan fingerprint density at radius 3 is 2.42 bits per heavy atom. The Kier molecular flexibility index (Phi) is 9.07. The van der Waals surface area contributed by atoms with Crippen LogP contribution >= 0.6 is 11.6 Å². The minimum absolute atomic E-state index is 0.000297. The number of H-pyrrole nitrogens is 1. The predicted molar refractivity (Wildman–Crippen MR) is 153 cm³/mol. The molecule has 0 saturated heterocycles. The zero-order valence-electron chi connectivity index (χ0n) is 23.8. The summed E-state index contributed by atoms with van der Waals surface area (Å²) in [6, 6.07) is 4.69. The first-order chi connectivity index (χ1) is 19.9. The molecule has 0 bridgehead atoms. The van der Waals surface area contributed by atoms with Crippen LogP contribution in [0.3, 0.4) is 0 Å². The van der Waals surface area contributed by atoms with E-state index < -0.39 is 67.6 Å². The van der Waals surface area contributed by atoms with Gasteiger partial charge in [0, 0.05) is 23.4 Å². The Bertz CT molecular complexity index is 1620. The van der Waals surface area contributed by atoms with Crippen LogP contribution in [0.5, 0.6) is 0 Å². The van der Waals surface area contributed by atoms with Crippen molar-refractivity contribution < 1.29 is 41.7 Å². The van der Waals surface area contributed by atoms with Crippen LogP contribution in [-0.2, 0) is 15.4 Å². The number of rotatable bonds is 8. The second kappa shape index (κ2) is 11.8. The fourth-order valence-corrected chi connectivity index (χ4v) is 8.12. The molecule has 0 spiro atoms. The molecule has 1 saturated carbocycles. The van der Waals surface area contributed by atoms with Gasteiger partial charge in [0.15, 0.2) is 27.3 Å². The van der Waals surface area contributed by atoms with Crippen LogP contribution in [0.4, 0.5) is 18.9 Å². The summed E-state index contributed by atoms with van der Waals surface area (Å²) in [6.45, 7) is 6.33. The van der Waals surface area contributed by atoms with Gasteiger partial charge < -0.3 is 25.6 Å². The summed E-state index contributed by atoms with van der Waals surface area (Å²) in [5.74, 6) is -6.71. The van der Waals surface area contributed by atoms with Crippen molar-refractivity contribution in [2.45, 2.75) is 74.4 Å². The standard InChI is InChI=1S/C29H33ClF3N3O6S/c1-5-16-10-18(8-14(2)29(16,40)27-34-13-22(36-27)25(37)28(3,4)39)43(41,42)23-9-15(6-7-19(23)30)26(38)35-17-11-20(31)24(33)21(32)12-17/h6-7,9,11-14,16,18,25,37,39-40H,5,8,10H2,1-4H3,(H,34,36)(H,35,38)/t14-,16?,18-,25?,29-/m0/s1. The predicted octanol–water partition coefficient (Wildman–Crippen LogP) is 5.02. The summed E-state index contributed by atoms with van der Waals surface area (Å²) in [6.07, 6.45) is 0.406. The van der Waals surface area contributed by atoms with Crippen LogP contribution in [0.2, 0.25) is 5.02 Å². The summed E-state index contributed by atoms with van der Waals surface area (Å²) in [4.78, 5) is 19.7. The highest BCUT2D eigenvalue weighted by Crippen LogP contribution is 2.49. The Morgan fingerprint density at radius 2 is 1.84 bits per heavy atom. The number of aliphatic hydroxyl groups excluding tert-OH is 1. The fraction of sp³-hybridized carbons (Fsp3) is 0.448. The van der Waals surface area contributed by atoms with E-state index in [4.69, 9.17) is 11.6 Å². The molecule has 14 heteroatoms. The molecule has 3 aromatic rings. The number of anilines is 1. The number of aromatic amines is 1. The van der Waals surface area contributed by atoms with Crippen molar-refractivity contribution in [1.82, 2.24) is 9.97 Å². The molecule has 2 aromatic carbocycles. The number of hydrogen-bond donors (Lipinski definition) is 5. The molecule has 5 N–H and O–H groups in total. The molecule has 9 nitrogen and oxygen atoms in total. The van der Waals surface area contributed by atoms with Gasteiger partial charge in [0.25, 0.3) is 5.91 Å². The molecular weight excluding hydrogens is 611 g/mol. The van der Waals surface area contributed by atoms with E-state index in [2.05, 4.69) is 15.3 Å². The van der Waals surface area contributed by atoms with Gasteiger partial charge in [0.05, 0.1) is 32.7 Å². The molecule has 1 aliphatic carbocycles. The van der Waals surface area contributed by atoms with Gasteiger partial charge in [-0.25, -0.2) is 26.6 Å². The summed E-state index contributed by atoms with van der Waals surface area (Å²) in [7, 11) is -4.17. The van der Waals surface area contributed by atoms with Crippen LogP contribution < -0.4 is 5.32 Å². The van der Waals surface area contributed by atoms with E-state index in [1.165, 1.54) is 32.2 Å². The van der Waals surface area contributed by atoms with Crippen LogP contribution in [0.15, 0.2) is 41.4 Å². The van der Waals surface area contributed by atoms with E-state index in [0.717, 1.165) is 6.07 Å². The summed E-state index contributed by atoms with van der Waals surface area (Å²) >= 11 is 6.29. The van der Waals surface area contributed by atoms with Gasteiger partial charge in [-0.2, -0.15) is 0 Å². The third-order valence-corrected chi connectivity index (χ3v) is 10.8. The number of carbonyl (C=O) groups is 1. The number of nitrogens with one attached hydrogen (secondary N) is 2. The lowest BCUT2D eigenvalue weighted by Gasteiger charge is -2.46. The Hall–Kier alpha value is -2.97. The largest absolute Gasteiger partial charge is 0.387 e. The van der Waals surface area contributed by atoms with Crippen molar-refractivity contribution in [2.75, 3.05) is 5.32 Å². The molecule has 1 heterocycles. The molecule has 2 unspecified atom stereocenters. The number of hydrogen-bond acceptors (Lipinski definition) is 7. The van der Waals surface area contributed by atoms with Crippen molar-refractivity contribution in [3.8, 4) is 0 Å². The molecule has 5 atom stereocenters. The molecule has 0 radical (unpaired) electrons. The zero-order chi connectivity index (χ0) is 32.1. The highest BCUT2D eigenvalue weighted by Gasteiger charge is 2.52. The molecule has 4 rings (SSSR count). The number of aromatic nitrogens is 2. The maximum absolute atomic E-state index is 13.9. The first-order valence-corrected chi connectivity index (χ1v) is 15.5. The van der Waals surface area contributed by atoms with Crippen LogP contribution in [0.25, 0.3) is 0 Å². The quantitative estimate of drug-likeness (QED) is 0.216. The van der Waals surface area contributed by atoms with Crippen molar-refractivity contribution in [3.63, 3.8) is 0 Å². The van der Waals surface area contributed by atoms with Gasteiger partial charge in [-0.05, 0) is 56.7 Å². The summed E-state index contributed by atoms with van der Waals surface area (Å²) in [5, 5.41) is 33.6. The number of aliphatic hydroxyl groups is 3. The summed E-state index contributed by atoms with van der Waals surface area (Å²) in [5.41, 5.74) is -3.41. The third kappa shape index (κ3) is 6.18. The Balaban J connectivity index is 1.61. The highest BCUT2D eigenvalue weighted by atomic mass is 35.5. The lowest BCUT2D eigenvalue weighted by atomic mass is 9.67. The number of carbonyl (C=O) groups excluding carboxylic acids is 1. The second-order valence-electron chi connectivity index (χ2n) is 11.6. The van der Waals surface area contributed by atoms with Gasteiger partial charge in [0.1, 0.15) is 17.5 Å². The van der Waals surface area contributed by atoms with Crippen LogP contribution in [0.1, 0.15) is 74.9 Å². The summed E-state index contributed by atoms with van der Waals surface area (Å²) < 4.78 is 68.3. The zero-order valence-corrected chi connectivity index (χ0v) is 25.4. The van der Waals surface area contributed by atoms with Crippen molar-refractivity contribution in [3.05, 3.63) is 76.1 Å². The maximum atomic E-state index is 13.9. The average molecular weight is 644 g/mol. The normalized spacial score (nSPS) is 23.7. The number of amides is 1.